The van der Waals surface area contributed by atoms with Crippen molar-refractivity contribution in [2.75, 3.05) is 32.9 Å². The number of amides is 1. The summed E-state index contributed by atoms with van der Waals surface area (Å²) in [6, 6.07) is 6.98. The second-order valence-corrected chi connectivity index (χ2v) is 4.47. The maximum Gasteiger partial charge on any atom is 0.254 e. The molecule has 20 heavy (non-hydrogen) atoms. The number of hydrogen-bond acceptors (Lipinski definition) is 4. The second-order valence-electron chi connectivity index (χ2n) is 4.47. The first-order valence-corrected chi connectivity index (χ1v) is 6.46. The van der Waals surface area contributed by atoms with Gasteiger partial charge in [-0.3, -0.25) is 4.79 Å². The molecule has 1 amide bonds. The molecule has 1 fully saturated rings. The van der Waals surface area contributed by atoms with Gasteiger partial charge in [0.05, 0.1) is 19.3 Å². The van der Waals surface area contributed by atoms with Crippen molar-refractivity contribution in [3.63, 3.8) is 0 Å². The van der Waals surface area contributed by atoms with Crippen LogP contribution in [0.3, 0.4) is 0 Å². The van der Waals surface area contributed by atoms with Crippen LogP contribution in [-0.4, -0.2) is 60.0 Å². The predicted molar refractivity (Wildman–Crippen MR) is 73.1 cm³/mol. The van der Waals surface area contributed by atoms with E-state index in [0.29, 0.717) is 30.8 Å². The number of rotatable bonds is 2. The average molecular weight is 275 g/mol. The van der Waals surface area contributed by atoms with Gasteiger partial charge >= 0.3 is 0 Å². The van der Waals surface area contributed by atoms with Crippen LogP contribution in [0.15, 0.2) is 24.3 Å². The molecule has 0 aromatic heterocycles. The summed E-state index contributed by atoms with van der Waals surface area (Å²) < 4.78 is 5.33. The molecule has 106 valence electrons. The molecule has 1 aromatic carbocycles. The number of hydrogen-bond donors (Lipinski definition) is 2. The highest BCUT2D eigenvalue weighted by molar-refractivity contribution is 5.94. The van der Waals surface area contributed by atoms with Gasteiger partial charge in [0.2, 0.25) is 0 Å². The van der Waals surface area contributed by atoms with Crippen molar-refractivity contribution < 1.29 is 19.7 Å². The Kier molecular flexibility index (Phi) is 5.13. The van der Waals surface area contributed by atoms with Crippen LogP contribution < -0.4 is 0 Å². The molecule has 1 aliphatic heterocycles. The normalized spacial score (nSPS) is 18.3. The highest BCUT2D eigenvalue weighted by atomic mass is 16.5. The van der Waals surface area contributed by atoms with E-state index in [1.807, 2.05) is 0 Å². The highest BCUT2D eigenvalue weighted by Gasteiger charge is 2.24. The Balaban J connectivity index is 2.12. The molecule has 0 radical (unpaired) electrons. The monoisotopic (exact) mass is 275 g/mol. The molecule has 1 aromatic rings. The van der Waals surface area contributed by atoms with E-state index < -0.39 is 0 Å². The molecule has 1 atom stereocenters. The topological polar surface area (TPSA) is 70.0 Å². The standard InChI is InChI=1S/C15H17NO4/c17-7-2-4-12-3-1-5-13(9-12)15(19)16-6-8-20-14(10-16)11-18/h1,3,5,9,14,17-18H,6-8,10-11H2. The van der Waals surface area contributed by atoms with Crippen LogP contribution in [0, 0.1) is 11.8 Å². The van der Waals surface area contributed by atoms with Crippen molar-refractivity contribution in [3.05, 3.63) is 35.4 Å². The maximum absolute atomic E-state index is 12.4. The fourth-order valence-corrected chi connectivity index (χ4v) is 2.07. The smallest absolute Gasteiger partial charge is 0.254 e. The van der Waals surface area contributed by atoms with Gasteiger partial charge < -0.3 is 19.8 Å². The zero-order chi connectivity index (χ0) is 14.4. The first kappa shape index (κ1) is 14.5. The lowest BCUT2D eigenvalue weighted by molar-refractivity contribution is -0.0447. The Morgan fingerprint density at radius 3 is 3.05 bits per heavy atom. The molecule has 0 saturated carbocycles. The molecule has 1 aliphatic rings. The van der Waals surface area contributed by atoms with E-state index in [-0.39, 0.29) is 25.2 Å². The van der Waals surface area contributed by atoms with Crippen molar-refractivity contribution in [3.8, 4) is 11.8 Å². The lowest BCUT2D eigenvalue weighted by Crippen LogP contribution is -2.46. The summed E-state index contributed by atoms with van der Waals surface area (Å²) in [7, 11) is 0. The van der Waals surface area contributed by atoms with Gasteiger partial charge in [0.15, 0.2) is 0 Å². The van der Waals surface area contributed by atoms with E-state index in [2.05, 4.69) is 11.8 Å². The number of nitrogens with zero attached hydrogens (tertiary/aromatic N) is 1. The summed E-state index contributed by atoms with van der Waals surface area (Å²) in [5, 5.41) is 17.8. The number of aliphatic hydroxyl groups excluding tert-OH is 2. The summed E-state index contributed by atoms with van der Waals surface area (Å²) in [4.78, 5) is 14.0. The number of benzene rings is 1. The van der Waals surface area contributed by atoms with Gasteiger partial charge in [-0.15, -0.1) is 0 Å². The third-order valence-electron chi connectivity index (χ3n) is 3.05. The summed E-state index contributed by atoms with van der Waals surface area (Å²) in [6.07, 6.45) is -0.315. The van der Waals surface area contributed by atoms with Crippen molar-refractivity contribution in [1.29, 1.82) is 0 Å². The SMILES string of the molecule is O=C(c1cccc(C#CCO)c1)N1CCOC(CO)C1. The minimum absolute atomic E-state index is 0.0915. The van der Waals surface area contributed by atoms with Gasteiger partial charge in [-0.05, 0) is 18.2 Å². The van der Waals surface area contributed by atoms with Crippen LogP contribution in [-0.2, 0) is 4.74 Å². The first-order valence-electron chi connectivity index (χ1n) is 6.46. The van der Waals surface area contributed by atoms with Crippen molar-refractivity contribution in [2.24, 2.45) is 0 Å². The molecule has 1 unspecified atom stereocenters. The Labute approximate surface area is 117 Å². The van der Waals surface area contributed by atoms with Gasteiger partial charge in [0.1, 0.15) is 6.61 Å². The summed E-state index contributed by atoms with van der Waals surface area (Å²) in [6.45, 7) is 1.04. The van der Waals surface area contributed by atoms with Gasteiger partial charge in [-0.1, -0.05) is 17.9 Å². The predicted octanol–water partition coefficient (Wildman–Crippen LogP) is -0.136. The van der Waals surface area contributed by atoms with E-state index >= 15 is 0 Å². The van der Waals surface area contributed by atoms with E-state index in [1.165, 1.54) is 0 Å². The van der Waals surface area contributed by atoms with Gasteiger partial charge in [-0.25, -0.2) is 0 Å². The number of morpholine rings is 1. The fourth-order valence-electron chi connectivity index (χ4n) is 2.07. The number of aliphatic hydroxyl groups is 2. The molecule has 2 rings (SSSR count). The molecule has 5 heteroatoms. The highest BCUT2D eigenvalue weighted by Crippen LogP contribution is 2.12. The molecular formula is C15H17NO4. The fraction of sp³-hybridized carbons (Fsp3) is 0.400. The molecule has 0 spiro atoms. The third kappa shape index (κ3) is 3.58. The van der Waals surface area contributed by atoms with Crippen LogP contribution in [0.1, 0.15) is 15.9 Å². The quantitative estimate of drug-likeness (QED) is 0.737. The third-order valence-corrected chi connectivity index (χ3v) is 3.05. The minimum Gasteiger partial charge on any atom is -0.394 e. The summed E-state index contributed by atoms with van der Waals surface area (Å²) in [5.41, 5.74) is 1.24. The lowest BCUT2D eigenvalue weighted by atomic mass is 10.1. The van der Waals surface area contributed by atoms with Crippen LogP contribution in [0.5, 0.6) is 0 Å². The summed E-state index contributed by atoms with van der Waals surface area (Å²) in [5.74, 6) is 5.23. The van der Waals surface area contributed by atoms with Crippen LogP contribution in [0.2, 0.25) is 0 Å². The second kappa shape index (κ2) is 7.06. The van der Waals surface area contributed by atoms with Gasteiger partial charge in [-0.2, -0.15) is 0 Å². The van der Waals surface area contributed by atoms with Crippen molar-refractivity contribution >= 4 is 5.91 Å². The van der Waals surface area contributed by atoms with Crippen LogP contribution >= 0.6 is 0 Å². The van der Waals surface area contributed by atoms with E-state index in [4.69, 9.17) is 14.9 Å². The molecule has 0 aliphatic carbocycles. The van der Waals surface area contributed by atoms with Crippen LogP contribution in [0.25, 0.3) is 0 Å². The maximum atomic E-state index is 12.4. The van der Waals surface area contributed by atoms with Gasteiger partial charge in [0, 0.05) is 24.2 Å². The van der Waals surface area contributed by atoms with E-state index in [9.17, 15) is 4.79 Å². The van der Waals surface area contributed by atoms with E-state index in [1.54, 1.807) is 29.2 Å². The number of carbonyl (C=O) groups is 1. The average Bonchev–Trinajstić information content (AvgIpc) is 2.52. The Bertz CT molecular complexity index is 532. The Morgan fingerprint density at radius 1 is 1.45 bits per heavy atom. The lowest BCUT2D eigenvalue weighted by Gasteiger charge is -2.32. The van der Waals surface area contributed by atoms with Crippen molar-refractivity contribution in [1.82, 2.24) is 4.90 Å². The van der Waals surface area contributed by atoms with E-state index in [0.717, 1.165) is 0 Å². The largest absolute Gasteiger partial charge is 0.394 e. The molecule has 1 saturated heterocycles. The zero-order valence-electron chi connectivity index (χ0n) is 11.1. The number of ether oxygens (including phenoxy) is 1. The Morgan fingerprint density at radius 2 is 2.30 bits per heavy atom. The minimum atomic E-state index is -0.315. The van der Waals surface area contributed by atoms with Gasteiger partial charge in [0.25, 0.3) is 5.91 Å². The zero-order valence-corrected chi connectivity index (χ0v) is 11.1. The molecule has 1 heterocycles. The molecule has 2 N–H and O–H groups in total. The number of carbonyl (C=O) groups excluding carboxylic acids is 1. The summed E-state index contributed by atoms with van der Waals surface area (Å²) >= 11 is 0. The molecule has 5 nitrogen and oxygen atoms in total. The molecule has 0 bridgehead atoms. The van der Waals surface area contributed by atoms with Crippen molar-refractivity contribution in [2.45, 2.75) is 6.10 Å². The Hall–Kier alpha value is -1.87. The first-order chi connectivity index (χ1) is 9.74. The molecular weight excluding hydrogens is 258 g/mol. The van der Waals surface area contributed by atoms with Crippen LogP contribution in [0.4, 0.5) is 0 Å².